The first-order valence-electron chi connectivity index (χ1n) is 8.91. The Kier molecular flexibility index (Phi) is 4.83. The molecule has 1 amide bonds. The average molecular weight is 382 g/mol. The Bertz CT molecular complexity index is 983. The lowest BCUT2D eigenvalue weighted by molar-refractivity contribution is -0.151. The molecule has 10 nitrogen and oxygen atoms in total. The lowest BCUT2D eigenvalue weighted by atomic mass is 10.0. The minimum absolute atomic E-state index is 0.189. The van der Waals surface area contributed by atoms with E-state index in [0.717, 1.165) is 11.3 Å². The number of nitrogens with one attached hydrogen (secondary N) is 1. The SMILES string of the molecule is O=C(O)[C@@H]1c2nc[nH]c2CCN1C(=O)CCCc1nc(-c2cccnc2)no1. The van der Waals surface area contributed by atoms with Gasteiger partial charge in [-0.1, -0.05) is 5.16 Å². The number of amides is 1. The Morgan fingerprint density at radius 1 is 1.39 bits per heavy atom. The van der Waals surface area contributed by atoms with E-state index in [2.05, 4.69) is 25.1 Å². The number of carboxylic acid groups (broad SMARTS) is 1. The van der Waals surface area contributed by atoms with Gasteiger partial charge in [-0.05, 0) is 18.6 Å². The third-order valence-corrected chi connectivity index (χ3v) is 4.65. The molecule has 0 unspecified atom stereocenters. The van der Waals surface area contributed by atoms with Crippen LogP contribution < -0.4 is 0 Å². The third kappa shape index (κ3) is 3.48. The molecule has 4 rings (SSSR count). The predicted octanol–water partition coefficient (Wildman–Crippen LogP) is 1.39. The van der Waals surface area contributed by atoms with Crippen molar-refractivity contribution in [1.82, 2.24) is 30.0 Å². The minimum atomic E-state index is -1.08. The Morgan fingerprint density at radius 2 is 2.29 bits per heavy atom. The number of aromatic nitrogens is 5. The molecule has 0 bridgehead atoms. The van der Waals surface area contributed by atoms with Crippen molar-refractivity contribution >= 4 is 11.9 Å². The van der Waals surface area contributed by atoms with Crippen molar-refractivity contribution < 1.29 is 19.2 Å². The number of aryl methyl sites for hydroxylation is 1. The summed E-state index contributed by atoms with van der Waals surface area (Å²) in [5.74, 6) is -0.440. The number of imidazole rings is 1. The van der Waals surface area contributed by atoms with Crippen LogP contribution in [0.1, 0.15) is 36.2 Å². The molecule has 144 valence electrons. The molecule has 1 atom stereocenters. The smallest absolute Gasteiger partial charge is 0.332 e. The number of carbonyl (C=O) groups is 2. The van der Waals surface area contributed by atoms with E-state index in [1.807, 2.05) is 6.07 Å². The first-order chi connectivity index (χ1) is 13.6. The van der Waals surface area contributed by atoms with E-state index in [4.69, 9.17) is 4.52 Å². The van der Waals surface area contributed by atoms with Crippen LogP contribution in [0.4, 0.5) is 0 Å². The highest BCUT2D eigenvalue weighted by Gasteiger charge is 2.37. The van der Waals surface area contributed by atoms with Crippen LogP contribution in [-0.2, 0) is 22.4 Å². The number of carboxylic acids is 1. The number of aromatic amines is 1. The van der Waals surface area contributed by atoms with Gasteiger partial charge in [0.25, 0.3) is 0 Å². The van der Waals surface area contributed by atoms with Crippen LogP contribution in [0, 0.1) is 0 Å². The number of aliphatic carboxylic acids is 1. The topological polar surface area (TPSA) is 138 Å². The Morgan fingerprint density at radius 3 is 3.07 bits per heavy atom. The van der Waals surface area contributed by atoms with E-state index in [9.17, 15) is 14.7 Å². The van der Waals surface area contributed by atoms with Gasteiger partial charge in [0.15, 0.2) is 6.04 Å². The summed E-state index contributed by atoms with van der Waals surface area (Å²) in [6.45, 7) is 0.344. The summed E-state index contributed by atoms with van der Waals surface area (Å²) in [6, 6.07) is 2.56. The zero-order valence-corrected chi connectivity index (χ0v) is 14.9. The van der Waals surface area contributed by atoms with Gasteiger partial charge < -0.3 is 19.5 Å². The zero-order chi connectivity index (χ0) is 19.5. The molecule has 0 spiro atoms. The molecule has 0 aromatic carbocycles. The second-order valence-corrected chi connectivity index (χ2v) is 6.45. The van der Waals surface area contributed by atoms with Crippen molar-refractivity contribution in [3.8, 4) is 11.4 Å². The summed E-state index contributed by atoms with van der Waals surface area (Å²) in [5.41, 5.74) is 1.93. The Labute approximate surface area is 159 Å². The highest BCUT2D eigenvalue weighted by atomic mass is 16.5. The molecule has 0 fully saturated rings. The summed E-state index contributed by atoms with van der Waals surface area (Å²) in [5, 5.41) is 13.5. The normalized spacial score (nSPS) is 16.0. The minimum Gasteiger partial charge on any atom is -0.479 e. The van der Waals surface area contributed by atoms with Crippen molar-refractivity contribution in [2.45, 2.75) is 31.7 Å². The van der Waals surface area contributed by atoms with Crippen molar-refractivity contribution in [2.75, 3.05) is 6.54 Å². The van der Waals surface area contributed by atoms with Crippen molar-refractivity contribution in [2.24, 2.45) is 0 Å². The monoisotopic (exact) mass is 382 g/mol. The van der Waals surface area contributed by atoms with Crippen molar-refractivity contribution in [3.05, 3.63) is 48.1 Å². The fraction of sp³-hybridized carbons (Fsp3) is 0.333. The maximum atomic E-state index is 12.6. The lowest BCUT2D eigenvalue weighted by Gasteiger charge is -2.32. The van der Waals surface area contributed by atoms with Gasteiger partial charge in [-0.3, -0.25) is 9.78 Å². The molecule has 4 heterocycles. The first kappa shape index (κ1) is 17.8. The molecule has 10 heteroatoms. The Hall–Kier alpha value is -3.56. The number of H-pyrrole nitrogens is 1. The molecule has 3 aromatic heterocycles. The molecule has 1 aliphatic heterocycles. The number of pyridine rings is 1. The second kappa shape index (κ2) is 7.59. The van der Waals surface area contributed by atoms with Crippen LogP contribution in [-0.4, -0.2) is 53.5 Å². The molecular weight excluding hydrogens is 364 g/mol. The van der Waals surface area contributed by atoms with Crippen LogP contribution >= 0.6 is 0 Å². The van der Waals surface area contributed by atoms with E-state index in [0.29, 0.717) is 43.2 Å². The highest BCUT2D eigenvalue weighted by Crippen LogP contribution is 2.28. The third-order valence-electron chi connectivity index (χ3n) is 4.65. The molecule has 0 radical (unpaired) electrons. The zero-order valence-electron chi connectivity index (χ0n) is 14.9. The molecule has 3 aromatic rings. The predicted molar refractivity (Wildman–Crippen MR) is 94.8 cm³/mol. The Balaban J connectivity index is 1.36. The summed E-state index contributed by atoms with van der Waals surface area (Å²) in [7, 11) is 0. The number of carbonyl (C=O) groups excluding carboxylic acids is 1. The fourth-order valence-electron chi connectivity index (χ4n) is 3.30. The number of nitrogens with zero attached hydrogens (tertiary/aromatic N) is 5. The highest BCUT2D eigenvalue weighted by molar-refractivity contribution is 5.85. The van der Waals surface area contributed by atoms with Gasteiger partial charge in [-0.25, -0.2) is 9.78 Å². The lowest BCUT2D eigenvalue weighted by Crippen LogP contribution is -2.43. The van der Waals surface area contributed by atoms with Crippen LogP contribution in [0.15, 0.2) is 35.4 Å². The van der Waals surface area contributed by atoms with Gasteiger partial charge in [0.05, 0.1) is 12.0 Å². The first-order valence-corrected chi connectivity index (χ1v) is 8.91. The molecule has 0 aliphatic carbocycles. The maximum absolute atomic E-state index is 12.6. The van der Waals surface area contributed by atoms with Crippen molar-refractivity contribution in [3.63, 3.8) is 0 Å². The molecule has 2 N–H and O–H groups in total. The van der Waals surface area contributed by atoms with Crippen LogP contribution in [0.2, 0.25) is 0 Å². The van der Waals surface area contributed by atoms with E-state index >= 15 is 0 Å². The van der Waals surface area contributed by atoms with Gasteiger partial charge >= 0.3 is 5.97 Å². The summed E-state index contributed by atoms with van der Waals surface area (Å²) < 4.78 is 5.22. The second-order valence-electron chi connectivity index (χ2n) is 6.45. The molecular formula is C18H18N6O4. The van der Waals surface area contributed by atoms with E-state index < -0.39 is 12.0 Å². The summed E-state index contributed by atoms with van der Waals surface area (Å²) in [6.07, 6.45) is 6.42. The van der Waals surface area contributed by atoms with Crippen LogP contribution in [0.3, 0.4) is 0 Å². The standard InChI is InChI=1S/C18H18N6O4/c25-14(24-8-6-12-15(21-10-20-12)16(24)18(26)27)5-1-4-13-22-17(23-28-13)11-3-2-7-19-9-11/h2-3,7,9-10,16H,1,4-6,8H2,(H,20,21)(H,26,27)/t16-/m0/s1. The van der Waals surface area contributed by atoms with E-state index in [-0.39, 0.29) is 12.3 Å². The molecule has 0 saturated heterocycles. The number of hydrogen-bond acceptors (Lipinski definition) is 7. The number of hydrogen-bond donors (Lipinski definition) is 2. The van der Waals surface area contributed by atoms with E-state index in [1.54, 1.807) is 18.5 Å². The summed E-state index contributed by atoms with van der Waals surface area (Å²) >= 11 is 0. The van der Waals surface area contributed by atoms with Crippen molar-refractivity contribution in [1.29, 1.82) is 0 Å². The summed E-state index contributed by atoms with van der Waals surface area (Å²) in [4.78, 5) is 41.0. The van der Waals surface area contributed by atoms with Gasteiger partial charge in [-0.15, -0.1) is 0 Å². The van der Waals surface area contributed by atoms with Gasteiger partial charge in [0, 0.05) is 49.5 Å². The molecule has 28 heavy (non-hydrogen) atoms. The number of rotatable bonds is 6. The number of fused-ring (bicyclic) bond motifs is 1. The largest absolute Gasteiger partial charge is 0.479 e. The van der Waals surface area contributed by atoms with Crippen LogP contribution in [0.25, 0.3) is 11.4 Å². The molecule has 1 aliphatic rings. The van der Waals surface area contributed by atoms with Gasteiger partial charge in [-0.2, -0.15) is 4.98 Å². The van der Waals surface area contributed by atoms with Gasteiger partial charge in [0.2, 0.25) is 17.6 Å². The quantitative estimate of drug-likeness (QED) is 0.652. The molecule has 0 saturated carbocycles. The fourth-order valence-corrected chi connectivity index (χ4v) is 3.30. The maximum Gasteiger partial charge on any atom is 0.332 e. The van der Waals surface area contributed by atoms with Crippen LogP contribution in [0.5, 0.6) is 0 Å². The van der Waals surface area contributed by atoms with Gasteiger partial charge in [0.1, 0.15) is 0 Å². The van der Waals surface area contributed by atoms with E-state index in [1.165, 1.54) is 11.2 Å². The average Bonchev–Trinajstić information content (AvgIpc) is 3.37.